The van der Waals surface area contributed by atoms with E-state index in [1.807, 2.05) is 62.4 Å². The molecule has 4 rings (SSSR count). The number of rotatable bonds is 3. The van der Waals surface area contributed by atoms with Gasteiger partial charge in [0.05, 0.1) is 17.8 Å². The van der Waals surface area contributed by atoms with Gasteiger partial charge in [0.1, 0.15) is 0 Å². The van der Waals surface area contributed by atoms with Crippen LogP contribution in [0, 0.1) is 6.92 Å². The van der Waals surface area contributed by atoms with Gasteiger partial charge in [-0.3, -0.25) is 4.79 Å². The van der Waals surface area contributed by atoms with E-state index < -0.39 is 0 Å². The Balaban J connectivity index is 1.96. The van der Waals surface area contributed by atoms with Gasteiger partial charge in [-0.25, -0.2) is 4.57 Å². The smallest absolute Gasteiger partial charge is 0.250 e. The molecule has 2 aliphatic rings. The number of fused-ring (bicyclic) bond motifs is 3. The van der Waals surface area contributed by atoms with Gasteiger partial charge in [0.2, 0.25) is 0 Å². The van der Waals surface area contributed by atoms with Crippen LogP contribution in [0.4, 0.5) is 5.95 Å². The van der Waals surface area contributed by atoms with Crippen molar-refractivity contribution in [2.45, 2.75) is 32.9 Å². The van der Waals surface area contributed by atoms with Crippen LogP contribution < -0.4 is 10.1 Å². The van der Waals surface area contributed by atoms with Crippen molar-refractivity contribution >= 4 is 23.3 Å². The summed E-state index contributed by atoms with van der Waals surface area (Å²) >= 11 is 6.36. The summed E-state index contributed by atoms with van der Waals surface area (Å²) in [5.74, 6) is 0.691. The first kappa shape index (κ1) is 16.0. The van der Waals surface area contributed by atoms with Crippen molar-refractivity contribution in [2.24, 2.45) is 4.99 Å². The number of hydrogen-bond acceptors (Lipinski definition) is 2. The van der Waals surface area contributed by atoms with Gasteiger partial charge in [-0.05, 0) is 31.6 Å². The maximum Gasteiger partial charge on any atom is 0.403 e. The second-order valence-corrected chi connectivity index (χ2v) is 6.70. The molecule has 1 unspecified atom stereocenters. The lowest BCUT2D eigenvalue weighted by atomic mass is 10.1. The van der Waals surface area contributed by atoms with Crippen LogP contribution in [0.3, 0.4) is 0 Å². The Labute approximate surface area is 151 Å². The molecular formula is C20H19ClN3O+. The Bertz CT molecular complexity index is 1010. The van der Waals surface area contributed by atoms with E-state index in [0.717, 1.165) is 27.6 Å². The van der Waals surface area contributed by atoms with Crippen LogP contribution in [0.15, 0.2) is 58.4 Å². The lowest BCUT2D eigenvalue weighted by Crippen LogP contribution is -2.46. The standard InChI is InChI=1S/C20H19ClN3O/c1-3-15-13(2)23(12-14-8-4-5-9-16(14)21)20-22-17-10-6-7-11-18(17)24(20)19(15)25/h4-11,18H,3,12H2,1-2H3/q+1. The van der Waals surface area contributed by atoms with Crippen molar-refractivity contribution < 1.29 is 4.57 Å². The van der Waals surface area contributed by atoms with Gasteiger partial charge >= 0.3 is 11.5 Å². The molecule has 0 spiro atoms. The highest BCUT2D eigenvalue weighted by molar-refractivity contribution is 6.31. The first-order chi connectivity index (χ1) is 12.1. The summed E-state index contributed by atoms with van der Waals surface area (Å²) in [7, 11) is 0. The minimum Gasteiger partial charge on any atom is -0.250 e. The van der Waals surface area contributed by atoms with E-state index in [1.165, 1.54) is 0 Å². The molecule has 25 heavy (non-hydrogen) atoms. The van der Waals surface area contributed by atoms with E-state index >= 15 is 0 Å². The molecule has 0 radical (unpaired) electrons. The minimum absolute atomic E-state index is 0.0501. The zero-order chi connectivity index (χ0) is 17.6. The van der Waals surface area contributed by atoms with Gasteiger partial charge in [-0.1, -0.05) is 53.9 Å². The maximum absolute atomic E-state index is 13.0. The van der Waals surface area contributed by atoms with Gasteiger partial charge < -0.3 is 0 Å². The predicted molar refractivity (Wildman–Crippen MR) is 100.0 cm³/mol. The Hall–Kier alpha value is -2.46. The van der Waals surface area contributed by atoms with Crippen LogP contribution in [0.1, 0.15) is 29.8 Å². The van der Waals surface area contributed by atoms with Gasteiger partial charge in [-0.15, -0.1) is 0 Å². The molecule has 0 fully saturated rings. The maximum atomic E-state index is 13.0. The third-order valence-corrected chi connectivity index (χ3v) is 5.27. The number of nitrogens with zero attached hydrogens (tertiary/aromatic N) is 3. The van der Waals surface area contributed by atoms with Crippen LogP contribution in [-0.2, 0) is 13.0 Å². The number of halogens is 1. The molecule has 1 aromatic heterocycles. The molecule has 0 N–H and O–H groups in total. The van der Waals surface area contributed by atoms with Crippen molar-refractivity contribution in [3.8, 4) is 0 Å². The third-order valence-electron chi connectivity index (χ3n) is 4.90. The summed E-state index contributed by atoms with van der Waals surface area (Å²) in [6.45, 7) is 4.60. The molecule has 1 aromatic carbocycles. The van der Waals surface area contributed by atoms with Crippen LogP contribution in [0.5, 0.6) is 0 Å². The Kier molecular flexibility index (Phi) is 3.92. The van der Waals surface area contributed by atoms with E-state index in [2.05, 4.69) is 4.57 Å². The summed E-state index contributed by atoms with van der Waals surface area (Å²) in [5.41, 5.74) is 3.75. The van der Waals surface area contributed by atoms with Crippen LogP contribution in [0.25, 0.3) is 0 Å². The molecule has 0 saturated heterocycles. The molecule has 5 heteroatoms. The van der Waals surface area contributed by atoms with Crippen LogP contribution in [-0.4, -0.2) is 10.3 Å². The highest BCUT2D eigenvalue weighted by Crippen LogP contribution is 2.28. The molecule has 1 atom stereocenters. The SMILES string of the molecule is CCc1c(C)[n+](Cc2ccccc2Cl)c2n(c1=O)C1C=CC=CC1=N2. The predicted octanol–water partition coefficient (Wildman–Crippen LogP) is 3.46. The van der Waals surface area contributed by atoms with E-state index in [4.69, 9.17) is 16.6 Å². The van der Waals surface area contributed by atoms with E-state index in [-0.39, 0.29) is 11.6 Å². The Morgan fingerprint density at radius 3 is 2.84 bits per heavy atom. The average Bonchev–Trinajstić information content (AvgIpc) is 3.00. The third kappa shape index (κ3) is 2.48. The monoisotopic (exact) mass is 352 g/mol. The number of hydrogen-bond donors (Lipinski definition) is 0. The largest absolute Gasteiger partial charge is 0.403 e. The highest BCUT2D eigenvalue weighted by atomic mass is 35.5. The zero-order valence-electron chi connectivity index (χ0n) is 14.2. The molecule has 2 aromatic rings. The fraction of sp³-hybridized carbons (Fsp3) is 0.250. The molecule has 0 saturated carbocycles. The summed E-state index contributed by atoms with van der Waals surface area (Å²) in [6.07, 6.45) is 8.60. The lowest BCUT2D eigenvalue weighted by Gasteiger charge is -2.14. The van der Waals surface area contributed by atoms with Crippen molar-refractivity contribution in [1.82, 2.24) is 4.57 Å². The molecule has 2 heterocycles. The summed E-state index contributed by atoms with van der Waals surface area (Å²) in [6, 6.07) is 7.68. The number of benzene rings is 1. The molecule has 1 aliphatic carbocycles. The topological polar surface area (TPSA) is 38.2 Å². The molecular weight excluding hydrogens is 334 g/mol. The van der Waals surface area contributed by atoms with Crippen molar-refractivity contribution in [2.75, 3.05) is 0 Å². The van der Waals surface area contributed by atoms with Gasteiger partial charge in [0.15, 0.2) is 11.8 Å². The van der Waals surface area contributed by atoms with Gasteiger partial charge in [0.25, 0.3) is 0 Å². The zero-order valence-corrected chi connectivity index (χ0v) is 15.0. The summed E-state index contributed by atoms with van der Waals surface area (Å²) in [4.78, 5) is 17.8. The van der Waals surface area contributed by atoms with E-state index in [1.54, 1.807) is 4.57 Å². The quantitative estimate of drug-likeness (QED) is 0.779. The highest BCUT2D eigenvalue weighted by Gasteiger charge is 2.38. The molecule has 126 valence electrons. The van der Waals surface area contributed by atoms with E-state index in [9.17, 15) is 4.79 Å². The second-order valence-electron chi connectivity index (χ2n) is 6.30. The molecule has 4 nitrogen and oxygen atoms in total. The van der Waals surface area contributed by atoms with Crippen molar-refractivity contribution in [3.63, 3.8) is 0 Å². The normalized spacial score (nSPS) is 17.4. The van der Waals surface area contributed by atoms with Crippen molar-refractivity contribution in [3.05, 3.63) is 80.8 Å². The Morgan fingerprint density at radius 2 is 2.08 bits per heavy atom. The lowest BCUT2D eigenvalue weighted by molar-refractivity contribution is -0.685. The van der Waals surface area contributed by atoms with E-state index in [0.29, 0.717) is 18.9 Å². The van der Waals surface area contributed by atoms with Crippen molar-refractivity contribution in [1.29, 1.82) is 0 Å². The first-order valence-electron chi connectivity index (χ1n) is 8.46. The molecule has 0 amide bonds. The molecule has 0 bridgehead atoms. The minimum atomic E-state index is -0.115. The number of aliphatic imine (C=N–C) groups is 1. The fourth-order valence-corrected chi connectivity index (χ4v) is 3.75. The molecule has 1 aliphatic heterocycles. The number of allylic oxidation sites excluding steroid dienone is 4. The first-order valence-corrected chi connectivity index (χ1v) is 8.84. The summed E-state index contributed by atoms with van der Waals surface area (Å²) in [5, 5.41) is 0.722. The van der Waals surface area contributed by atoms with Crippen LogP contribution in [0.2, 0.25) is 5.02 Å². The summed E-state index contributed by atoms with van der Waals surface area (Å²) < 4.78 is 3.91. The fourth-order valence-electron chi connectivity index (χ4n) is 3.55. The second kappa shape index (κ2) is 6.12. The van der Waals surface area contributed by atoms with Crippen LogP contribution >= 0.6 is 11.6 Å². The van der Waals surface area contributed by atoms with Gasteiger partial charge in [-0.2, -0.15) is 4.57 Å². The van der Waals surface area contributed by atoms with Gasteiger partial charge in [0, 0.05) is 10.6 Å². The Morgan fingerprint density at radius 1 is 1.28 bits per heavy atom. The average molecular weight is 353 g/mol. The number of aromatic nitrogens is 2.